The summed E-state index contributed by atoms with van der Waals surface area (Å²) in [7, 11) is 0. The molecule has 3 rings (SSSR count). The van der Waals surface area contributed by atoms with Gasteiger partial charge in [0, 0.05) is 31.2 Å². The van der Waals surface area contributed by atoms with Crippen LogP contribution in [0.5, 0.6) is 0 Å². The number of hydrogen-bond acceptors (Lipinski definition) is 2. The zero-order valence-corrected chi connectivity index (χ0v) is 10.8. The van der Waals surface area contributed by atoms with Gasteiger partial charge in [0.15, 0.2) is 0 Å². The Kier molecular flexibility index (Phi) is 2.44. The second kappa shape index (κ2) is 3.84. The molecule has 0 radical (unpaired) electrons. The van der Waals surface area contributed by atoms with Crippen LogP contribution in [0.15, 0.2) is 18.2 Å². The average Bonchev–Trinajstić information content (AvgIpc) is 2.67. The smallest absolute Gasteiger partial charge is 0.137 e. The molecule has 0 N–H and O–H groups in total. The monoisotopic (exact) mass is 229 g/mol. The molecule has 0 amide bonds. The highest BCUT2D eigenvalue weighted by atomic mass is 15.2. The molecule has 0 saturated heterocycles. The number of rotatable bonds is 1. The molecule has 3 heterocycles. The van der Waals surface area contributed by atoms with Crippen LogP contribution < -0.4 is 0 Å². The first-order valence-corrected chi connectivity index (χ1v) is 6.36. The van der Waals surface area contributed by atoms with E-state index < -0.39 is 0 Å². The van der Waals surface area contributed by atoms with Crippen LogP contribution in [-0.2, 0) is 13.0 Å². The first-order valence-electron chi connectivity index (χ1n) is 6.36. The number of aryl methyl sites for hydroxylation is 1. The van der Waals surface area contributed by atoms with E-state index in [1.165, 1.54) is 17.1 Å². The van der Waals surface area contributed by atoms with E-state index in [-0.39, 0.29) is 0 Å². The van der Waals surface area contributed by atoms with Gasteiger partial charge in [-0.05, 0) is 32.9 Å². The van der Waals surface area contributed by atoms with E-state index >= 15 is 0 Å². The fourth-order valence-corrected chi connectivity index (χ4v) is 2.70. The van der Waals surface area contributed by atoms with E-state index in [2.05, 4.69) is 48.3 Å². The van der Waals surface area contributed by atoms with Gasteiger partial charge in [0.1, 0.15) is 5.65 Å². The van der Waals surface area contributed by atoms with E-state index in [9.17, 15) is 0 Å². The highest BCUT2D eigenvalue weighted by Gasteiger charge is 2.23. The minimum absolute atomic E-state index is 0.609. The Morgan fingerprint density at radius 1 is 1.29 bits per heavy atom. The third-order valence-corrected chi connectivity index (χ3v) is 3.74. The normalized spacial score (nSPS) is 16.7. The van der Waals surface area contributed by atoms with Crippen molar-refractivity contribution >= 4 is 5.65 Å². The van der Waals surface area contributed by atoms with Gasteiger partial charge in [0.25, 0.3) is 0 Å². The van der Waals surface area contributed by atoms with E-state index in [1.807, 2.05) is 0 Å². The molecule has 0 atom stereocenters. The molecule has 0 unspecified atom stereocenters. The Labute approximate surface area is 102 Å². The van der Waals surface area contributed by atoms with Crippen molar-refractivity contribution < 1.29 is 0 Å². The number of pyridine rings is 1. The largest absolute Gasteiger partial charge is 0.300 e. The first-order chi connectivity index (χ1) is 8.16. The van der Waals surface area contributed by atoms with E-state index in [0.717, 1.165) is 25.2 Å². The standard InChI is InChI=1S/C14H19N3/c1-10(2)16-8-7-12-13(9-16)17-11(3)5-4-6-14(17)15-12/h4-6,10H,7-9H2,1-3H3. The summed E-state index contributed by atoms with van der Waals surface area (Å²) in [6.07, 6.45) is 1.08. The summed E-state index contributed by atoms with van der Waals surface area (Å²) < 4.78 is 2.31. The lowest BCUT2D eigenvalue weighted by Gasteiger charge is -2.30. The van der Waals surface area contributed by atoms with Gasteiger partial charge in [-0.3, -0.25) is 9.30 Å². The molecule has 3 heteroatoms. The molecular weight excluding hydrogens is 210 g/mol. The molecule has 90 valence electrons. The molecule has 0 aromatic carbocycles. The lowest BCUT2D eigenvalue weighted by Crippen LogP contribution is -2.36. The van der Waals surface area contributed by atoms with Crippen molar-refractivity contribution in [3.63, 3.8) is 0 Å². The zero-order valence-electron chi connectivity index (χ0n) is 10.8. The predicted octanol–water partition coefficient (Wildman–Crippen LogP) is 2.41. The number of nitrogens with zero attached hydrogens (tertiary/aromatic N) is 3. The molecule has 17 heavy (non-hydrogen) atoms. The number of hydrogen-bond donors (Lipinski definition) is 0. The van der Waals surface area contributed by atoms with Gasteiger partial charge in [0.2, 0.25) is 0 Å². The van der Waals surface area contributed by atoms with Crippen molar-refractivity contribution in [3.05, 3.63) is 35.3 Å². The minimum Gasteiger partial charge on any atom is -0.300 e. The number of imidazole rings is 1. The summed E-state index contributed by atoms with van der Waals surface area (Å²) in [6.45, 7) is 8.85. The van der Waals surface area contributed by atoms with Gasteiger partial charge in [-0.15, -0.1) is 0 Å². The van der Waals surface area contributed by atoms with Crippen molar-refractivity contribution in [3.8, 4) is 0 Å². The Hall–Kier alpha value is -1.35. The summed E-state index contributed by atoms with van der Waals surface area (Å²) in [4.78, 5) is 7.26. The Bertz CT molecular complexity index is 554. The summed E-state index contributed by atoms with van der Waals surface area (Å²) in [5, 5.41) is 0. The van der Waals surface area contributed by atoms with E-state index in [4.69, 9.17) is 4.98 Å². The maximum absolute atomic E-state index is 4.74. The Morgan fingerprint density at radius 3 is 2.88 bits per heavy atom. The number of fused-ring (bicyclic) bond motifs is 3. The molecule has 0 saturated carbocycles. The first kappa shape index (κ1) is 10.8. The van der Waals surface area contributed by atoms with Crippen LogP contribution in [0.4, 0.5) is 0 Å². The van der Waals surface area contributed by atoms with E-state index in [1.54, 1.807) is 0 Å². The maximum atomic E-state index is 4.74. The van der Waals surface area contributed by atoms with Crippen molar-refractivity contribution in [2.45, 2.75) is 39.8 Å². The molecular formula is C14H19N3. The Balaban J connectivity index is 2.14. The topological polar surface area (TPSA) is 20.5 Å². The highest BCUT2D eigenvalue weighted by molar-refractivity contribution is 5.45. The molecule has 3 nitrogen and oxygen atoms in total. The second-order valence-electron chi connectivity index (χ2n) is 5.18. The number of aromatic nitrogens is 2. The maximum Gasteiger partial charge on any atom is 0.137 e. The van der Waals surface area contributed by atoms with Gasteiger partial charge in [0.05, 0.1) is 11.4 Å². The van der Waals surface area contributed by atoms with Crippen LogP contribution in [-0.4, -0.2) is 26.9 Å². The molecule has 0 spiro atoms. The minimum atomic E-state index is 0.609. The summed E-state index contributed by atoms with van der Waals surface area (Å²) in [5.41, 5.74) is 5.05. The van der Waals surface area contributed by atoms with Gasteiger partial charge >= 0.3 is 0 Å². The van der Waals surface area contributed by atoms with Gasteiger partial charge in [-0.25, -0.2) is 4.98 Å². The Morgan fingerprint density at radius 2 is 2.12 bits per heavy atom. The van der Waals surface area contributed by atoms with Crippen LogP contribution in [0.25, 0.3) is 5.65 Å². The zero-order chi connectivity index (χ0) is 12.0. The van der Waals surface area contributed by atoms with Crippen LogP contribution in [0.1, 0.15) is 30.9 Å². The van der Waals surface area contributed by atoms with Crippen LogP contribution >= 0.6 is 0 Å². The lowest BCUT2D eigenvalue weighted by molar-refractivity contribution is 0.199. The van der Waals surface area contributed by atoms with Crippen molar-refractivity contribution in [2.24, 2.45) is 0 Å². The molecule has 0 bridgehead atoms. The van der Waals surface area contributed by atoms with Gasteiger partial charge in [-0.2, -0.15) is 0 Å². The quantitative estimate of drug-likeness (QED) is 0.748. The summed E-state index contributed by atoms with van der Waals surface area (Å²) in [6, 6.07) is 6.95. The van der Waals surface area contributed by atoms with E-state index in [0.29, 0.717) is 6.04 Å². The molecule has 1 aliphatic rings. The fourth-order valence-electron chi connectivity index (χ4n) is 2.70. The summed E-state index contributed by atoms with van der Waals surface area (Å²) in [5.74, 6) is 0. The molecule has 2 aromatic rings. The predicted molar refractivity (Wildman–Crippen MR) is 69.2 cm³/mol. The van der Waals surface area contributed by atoms with Crippen molar-refractivity contribution in [1.29, 1.82) is 0 Å². The third-order valence-electron chi connectivity index (χ3n) is 3.74. The SMILES string of the molecule is Cc1cccc2nc3c(n12)CN(C(C)C)CC3. The van der Waals surface area contributed by atoms with Crippen molar-refractivity contribution in [2.75, 3.05) is 6.54 Å². The fraction of sp³-hybridized carbons (Fsp3) is 0.500. The third kappa shape index (κ3) is 1.65. The van der Waals surface area contributed by atoms with Crippen LogP contribution in [0.3, 0.4) is 0 Å². The van der Waals surface area contributed by atoms with Crippen LogP contribution in [0, 0.1) is 6.92 Å². The van der Waals surface area contributed by atoms with Gasteiger partial charge in [-0.1, -0.05) is 6.07 Å². The van der Waals surface area contributed by atoms with Gasteiger partial charge < -0.3 is 0 Å². The highest BCUT2D eigenvalue weighted by Crippen LogP contribution is 2.22. The summed E-state index contributed by atoms with van der Waals surface area (Å²) >= 11 is 0. The molecule has 1 aliphatic heterocycles. The van der Waals surface area contributed by atoms with Crippen LogP contribution in [0.2, 0.25) is 0 Å². The molecule has 0 aliphatic carbocycles. The lowest BCUT2D eigenvalue weighted by atomic mass is 10.1. The van der Waals surface area contributed by atoms with Crippen molar-refractivity contribution in [1.82, 2.24) is 14.3 Å². The second-order valence-corrected chi connectivity index (χ2v) is 5.18. The molecule has 0 fully saturated rings. The molecule has 2 aromatic heterocycles. The average molecular weight is 229 g/mol.